The van der Waals surface area contributed by atoms with Crippen LogP contribution in [0.5, 0.6) is 0 Å². The summed E-state index contributed by atoms with van der Waals surface area (Å²) < 4.78 is 13.5. The van der Waals surface area contributed by atoms with E-state index in [0.29, 0.717) is 5.56 Å². The van der Waals surface area contributed by atoms with Crippen molar-refractivity contribution in [2.45, 2.75) is 32.9 Å². The van der Waals surface area contributed by atoms with E-state index >= 15 is 0 Å². The number of rotatable bonds is 3. The van der Waals surface area contributed by atoms with Crippen molar-refractivity contribution in [2.75, 3.05) is 0 Å². The summed E-state index contributed by atoms with van der Waals surface area (Å²) in [6.45, 7) is 5.53. The van der Waals surface area contributed by atoms with Crippen molar-refractivity contribution >= 4 is 12.4 Å². The normalized spacial score (nSPS) is 14.4. The molecule has 0 amide bonds. The minimum absolute atomic E-state index is 0. The largest absolute Gasteiger partial charge is 0.391 e. The van der Waals surface area contributed by atoms with E-state index < -0.39 is 12.1 Å². The lowest BCUT2D eigenvalue weighted by molar-refractivity contribution is 0.0966. The summed E-state index contributed by atoms with van der Waals surface area (Å²) in [7, 11) is 0. The van der Waals surface area contributed by atoms with Crippen LogP contribution >= 0.6 is 12.4 Å². The molecule has 0 saturated carbocycles. The number of hydrogen-bond donors (Lipinski definition) is 2. The van der Waals surface area contributed by atoms with Gasteiger partial charge < -0.3 is 10.8 Å². The third-order valence-corrected chi connectivity index (χ3v) is 2.57. The summed E-state index contributed by atoms with van der Waals surface area (Å²) in [6, 6.07) is 4.21. The van der Waals surface area contributed by atoms with Gasteiger partial charge in [0.15, 0.2) is 0 Å². The molecule has 0 aliphatic rings. The molecule has 0 saturated heterocycles. The predicted octanol–water partition coefficient (Wildman–Crippen LogP) is 2.57. The van der Waals surface area contributed by atoms with Crippen LogP contribution < -0.4 is 5.73 Å². The first-order chi connectivity index (χ1) is 6.93. The molecule has 0 bridgehead atoms. The van der Waals surface area contributed by atoms with E-state index in [1.54, 1.807) is 12.1 Å². The van der Waals surface area contributed by atoms with Crippen LogP contribution in [0.15, 0.2) is 18.2 Å². The second kappa shape index (κ2) is 6.18. The van der Waals surface area contributed by atoms with Crippen molar-refractivity contribution in [3.63, 3.8) is 0 Å². The Bertz CT molecular complexity index is 344. The maximum Gasteiger partial charge on any atom is 0.128 e. The van der Waals surface area contributed by atoms with Crippen molar-refractivity contribution in [1.82, 2.24) is 0 Å². The fourth-order valence-corrected chi connectivity index (χ4v) is 1.50. The molecule has 2 atom stereocenters. The Morgan fingerprint density at radius 1 is 1.31 bits per heavy atom. The van der Waals surface area contributed by atoms with Gasteiger partial charge in [0.1, 0.15) is 5.82 Å². The van der Waals surface area contributed by atoms with Gasteiger partial charge in [-0.3, -0.25) is 0 Å². The van der Waals surface area contributed by atoms with Gasteiger partial charge in [0, 0.05) is 5.56 Å². The lowest BCUT2D eigenvalue weighted by atomic mass is 9.93. The first-order valence-electron chi connectivity index (χ1n) is 5.13. The molecule has 4 heteroatoms. The van der Waals surface area contributed by atoms with Crippen molar-refractivity contribution in [3.05, 3.63) is 35.1 Å². The standard InChI is InChI=1S/C12H18FNO.ClH/c1-7(2)12(15)11(14)9-5-4-8(3)6-10(9)13;/h4-7,11-12,15H,14H2,1-3H3;1H/t11-,12+;/m1./s1. The van der Waals surface area contributed by atoms with Crippen molar-refractivity contribution in [1.29, 1.82) is 0 Å². The third kappa shape index (κ3) is 3.44. The summed E-state index contributed by atoms with van der Waals surface area (Å²) in [5, 5.41) is 9.75. The van der Waals surface area contributed by atoms with E-state index in [1.807, 2.05) is 20.8 Å². The third-order valence-electron chi connectivity index (χ3n) is 2.57. The topological polar surface area (TPSA) is 46.2 Å². The van der Waals surface area contributed by atoms with E-state index in [1.165, 1.54) is 6.07 Å². The van der Waals surface area contributed by atoms with Crippen LogP contribution in [-0.2, 0) is 0 Å². The monoisotopic (exact) mass is 247 g/mol. The smallest absolute Gasteiger partial charge is 0.128 e. The second-order valence-corrected chi connectivity index (χ2v) is 4.29. The number of aliphatic hydroxyl groups is 1. The first kappa shape index (κ1) is 15.4. The van der Waals surface area contributed by atoms with E-state index in [-0.39, 0.29) is 24.1 Å². The van der Waals surface area contributed by atoms with Gasteiger partial charge in [0.2, 0.25) is 0 Å². The lowest BCUT2D eigenvalue weighted by Gasteiger charge is -2.22. The van der Waals surface area contributed by atoms with Crippen LogP contribution in [0.1, 0.15) is 31.0 Å². The Kier molecular flexibility index (Phi) is 5.94. The highest BCUT2D eigenvalue weighted by Gasteiger charge is 2.22. The number of hydrogen-bond acceptors (Lipinski definition) is 2. The molecule has 0 spiro atoms. The molecule has 1 aromatic rings. The van der Waals surface area contributed by atoms with Crippen LogP contribution in [0.25, 0.3) is 0 Å². The molecular formula is C12H19ClFNO. The minimum Gasteiger partial charge on any atom is -0.391 e. The molecule has 0 unspecified atom stereocenters. The zero-order valence-corrected chi connectivity index (χ0v) is 10.6. The van der Waals surface area contributed by atoms with Gasteiger partial charge in [-0.25, -0.2) is 4.39 Å². The van der Waals surface area contributed by atoms with Crippen LogP contribution in [0, 0.1) is 18.7 Å². The Morgan fingerprint density at radius 3 is 2.31 bits per heavy atom. The van der Waals surface area contributed by atoms with Gasteiger partial charge >= 0.3 is 0 Å². The van der Waals surface area contributed by atoms with Crippen molar-refractivity contribution in [2.24, 2.45) is 11.7 Å². The minimum atomic E-state index is -0.720. The molecule has 0 aliphatic carbocycles. The Morgan fingerprint density at radius 2 is 1.88 bits per heavy atom. The highest BCUT2D eigenvalue weighted by molar-refractivity contribution is 5.85. The summed E-state index contributed by atoms with van der Waals surface area (Å²) in [5.74, 6) is -0.331. The summed E-state index contributed by atoms with van der Waals surface area (Å²) >= 11 is 0. The second-order valence-electron chi connectivity index (χ2n) is 4.29. The van der Waals surface area contributed by atoms with Gasteiger partial charge in [-0.05, 0) is 24.5 Å². The number of aryl methyl sites for hydroxylation is 1. The van der Waals surface area contributed by atoms with Crippen LogP contribution in [0.2, 0.25) is 0 Å². The summed E-state index contributed by atoms with van der Waals surface area (Å²) in [4.78, 5) is 0. The van der Waals surface area contributed by atoms with Crippen molar-refractivity contribution < 1.29 is 9.50 Å². The molecule has 16 heavy (non-hydrogen) atoms. The summed E-state index contributed by atoms with van der Waals surface area (Å²) in [5.41, 5.74) is 7.03. The fraction of sp³-hybridized carbons (Fsp3) is 0.500. The molecule has 0 aliphatic heterocycles. The predicted molar refractivity (Wildman–Crippen MR) is 66.2 cm³/mol. The van der Waals surface area contributed by atoms with Gasteiger partial charge in [-0.15, -0.1) is 12.4 Å². The maximum atomic E-state index is 13.5. The number of benzene rings is 1. The zero-order chi connectivity index (χ0) is 11.6. The van der Waals surface area contributed by atoms with Gasteiger partial charge in [-0.1, -0.05) is 26.0 Å². The molecule has 0 aromatic heterocycles. The quantitative estimate of drug-likeness (QED) is 0.863. The molecular weight excluding hydrogens is 229 g/mol. The average molecular weight is 248 g/mol. The van der Waals surface area contributed by atoms with Gasteiger partial charge in [0.05, 0.1) is 12.1 Å². The highest BCUT2D eigenvalue weighted by Crippen LogP contribution is 2.22. The molecule has 0 radical (unpaired) electrons. The van der Waals surface area contributed by atoms with E-state index in [9.17, 15) is 9.50 Å². The van der Waals surface area contributed by atoms with E-state index in [2.05, 4.69) is 0 Å². The van der Waals surface area contributed by atoms with Gasteiger partial charge in [-0.2, -0.15) is 0 Å². The molecule has 1 rings (SSSR count). The zero-order valence-electron chi connectivity index (χ0n) is 9.77. The van der Waals surface area contributed by atoms with Crippen molar-refractivity contribution in [3.8, 4) is 0 Å². The number of halogens is 2. The number of aliphatic hydroxyl groups excluding tert-OH is 1. The highest BCUT2D eigenvalue weighted by atomic mass is 35.5. The molecule has 0 heterocycles. The Labute approximate surface area is 102 Å². The van der Waals surface area contributed by atoms with Gasteiger partial charge in [0.25, 0.3) is 0 Å². The first-order valence-corrected chi connectivity index (χ1v) is 5.13. The SMILES string of the molecule is Cc1ccc([C@@H](N)[C@@H](O)C(C)C)c(F)c1.Cl. The fourth-order valence-electron chi connectivity index (χ4n) is 1.50. The van der Waals surface area contributed by atoms with E-state index in [4.69, 9.17) is 5.73 Å². The average Bonchev–Trinajstić information content (AvgIpc) is 2.15. The van der Waals surface area contributed by atoms with Crippen LogP contribution in [0.4, 0.5) is 4.39 Å². The molecule has 0 fully saturated rings. The van der Waals surface area contributed by atoms with Crippen LogP contribution in [0.3, 0.4) is 0 Å². The maximum absolute atomic E-state index is 13.5. The lowest BCUT2D eigenvalue weighted by Crippen LogP contribution is -2.31. The molecule has 92 valence electrons. The molecule has 2 nitrogen and oxygen atoms in total. The number of nitrogens with two attached hydrogens (primary N) is 1. The van der Waals surface area contributed by atoms with E-state index in [0.717, 1.165) is 5.56 Å². The Balaban J connectivity index is 0.00000225. The van der Waals surface area contributed by atoms with Crippen LogP contribution in [-0.4, -0.2) is 11.2 Å². The molecule has 1 aromatic carbocycles. The summed E-state index contributed by atoms with van der Waals surface area (Å²) in [6.07, 6.45) is -0.720. The Hall–Kier alpha value is -0.640. The molecule has 3 N–H and O–H groups in total.